The van der Waals surface area contributed by atoms with Crippen molar-refractivity contribution in [3.8, 4) is 0 Å². The van der Waals surface area contributed by atoms with Gasteiger partial charge in [0.15, 0.2) is 0 Å². The highest BCUT2D eigenvalue weighted by Crippen LogP contribution is 2.16. The average molecular weight is 434 g/mol. The summed E-state index contributed by atoms with van der Waals surface area (Å²) in [6.07, 6.45) is 23.7. The summed E-state index contributed by atoms with van der Waals surface area (Å²) in [6, 6.07) is 17.7. The van der Waals surface area contributed by atoms with Crippen molar-refractivity contribution in [1.29, 1.82) is 0 Å². The lowest BCUT2D eigenvalue weighted by atomic mass is 10.0. The molecule has 1 nitrogen and oxygen atoms in total. The van der Waals surface area contributed by atoms with Crippen LogP contribution in [0.25, 0.3) is 0 Å². The molecule has 32 heavy (non-hydrogen) atoms. The van der Waals surface area contributed by atoms with Gasteiger partial charge in [-0.05, 0) is 54.5 Å². The van der Waals surface area contributed by atoms with Gasteiger partial charge < -0.3 is 0 Å². The van der Waals surface area contributed by atoms with Crippen LogP contribution in [0.1, 0.15) is 120 Å². The minimum absolute atomic E-state index is 1.04. The first-order chi connectivity index (χ1) is 15.8. The van der Waals surface area contributed by atoms with Crippen LogP contribution in [0.15, 0.2) is 53.5 Å². The number of unbranched alkanes of at least 4 members (excludes halogenated alkanes) is 12. The molecule has 0 aliphatic heterocycles. The van der Waals surface area contributed by atoms with E-state index >= 15 is 0 Å². The molecule has 0 heterocycles. The molecule has 0 N–H and O–H groups in total. The third kappa shape index (κ3) is 12.2. The largest absolute Gasteiger partial charge is 0.256 e. The maximum absolute atomic E-state index is 4.66. The van der Waals surface area contributed by atoms with E-state index in [9.17, 15) is 0 Å². The Morgan fingerprint density at radius 1 is 0.500 bits per heavy atom. The molecule has 0 aromatic heterocycles. The SMILES string of the molecule is CCCCCCCCCCCCc1ccc(C=Nc2ccc(CCCCCC)cc2)cc1. The molecule has 0 radical (unpaired) electrons. The van der Waals surface area contributed by atoms with Crippen LogP contribution in [0.5, 0.6) is 0 Å². The Morgan fingerprint density at radius 2 is 0.906 bits per heavy atom. The molecule has 2 rings (SSSR count). The fourth-order valence-corrected chi connectivity index (χ4v) is 4.24. The Labute approximate surface area is 198 Å². The second kappa shape index (κ2) is 17.6. The van der Waals surface area contributed by atoms with Gasteiger partial charge in [0.2, 0.25) is 0 Å². The van der Waals surface area contributed by atoms with Crippen LogP contribution in [0.4, 0.5) is 5.69 Å². The second-order valence-corrected chi connectivity index (χ2v) is 9.41. The van der Waals surface area contributed by atoms with Crippen molar-refractivity contribution in [2.45, 2.75) is 117 Å². The quantitative estimate of drug-likeness (QED) is 0.164. The summed E-state index contributed by atoms with van der Waals surface area (Å²) < 4.78 is 0. The molecular formula is C31H47N. The lowest BCUT2D eigenvalue weighted by molar-refractivity contribution is 0.556. The zero-order chi connectivity index (χ0) is 22.7. The molecular weight excluding hydrogens is 386 g/mol. The standard InChI is InChI=1S/C31H47N/c1-3-5-7-9-10-11-12-13-14-16-18-28-19-21-30(22-20-28)27-32-31-25-23-29(24-26-31)17-15-8-6-4-2/h19-27H,3-18H2,1-2H3. The molecule has 2 aromatic rings. The summed E-state index contributed by atoms with van der Waals surface area (Å²) in [5.74, 6) is 0. The molecule has 0 aliphatic carbocycles. The van der Waals surface area contributed by atoms with Gasteiger partial charge in [0.1, 0.15) is 0 Å². The Hall–Kier alpha value is -1.89. The lowest BCUT2D eigenvalue weighted by Crippen LogP contribution is -1.88. The van der Waals surface area contributed by atoms with Crippen molar-refractivity contribution >= 4 is 11.9 Å². The number of rotatable bonds is 18. The van der Waals surface area contributed by atoms with E-state index in [1.807, 2.05) is 6.21 Å². The van der Waals surface area contributed by atoms with E-state index in [0.29, 0.717) is 0 Å². The van der Waals surface area contributed by atoms with Crippen LogP contribution >= 0.6 is 0 Å². The van der Waals surface area contributed by atoms with Crippen LogP contribution < -0.4 is 0 Å². The van der Waals surface area contributed by atoms with E-state index in [4.69, 9.17) is 0 Å². The normalized spacial score (nSPS) is 11.4. The topological polar surface area (TPSA) is 12.4 Å². The number of aliphatic imine (C=N–C) groups is 1. The molecule has 0 aliphatic rings. The van der Waals surface area contributed by atoms with Crippen molar-refractivity contribution < 1.29 is 0 Å². The highest BCUT2D eigenvalue weighted by Gasteiger charge is 1.97. The third-order valence-electron chi connectivity index (χ3n) is 6.42. The molecule has 0 bridgehead atoms. The van der Waals surface area contributed by atoms with Crippen LogP contribution in [-0.2, 0) is 12.8 Å². The molecule has 2 aromatic carbocycles. The fraction of sp³-hybridized carbons (Fsp3) is 0.581. The smallest absolute Gasteiger partial charge is 0.0630 e. The monoisotopic (exact) mass is 433 g/mol. The number of hydrogen-bond acceptors (Lipinski definition) is 1. The van der Waals surface area contributed by atoms with Crippen molar-refractivity contribution in [3.63, 3.8) is 0 Å². The van der Waals surface area contributed by atoms with E-state index in [0.717, 1.165) is 5.69 Å². The molecule has 0 fully saturated rings. The van der Waals surface area contributed by atoms with Gasteiger partial charge in [0.05, 0.1) is 5.69 Å². The van der Waals surface area contributed by atoms with Crippen molar-refractivity contribution in [1.82, 2.24) is 0 Å². The summed E-state index contributed by atoms with van der Waals surface area (Å²) in [4.78, 5) is 4.66. The molecule has 0 amide bonds. The zero-order valence-electron chi connectivity index (χ0n) is 21.0. The average Bonchev–Trinajstić information content (AvgIpc) is 2.83. The molecule has 0 atom stereocenters. The predicted molar refractivity (Wildman–Crippen MR) is 144 cm³/mol. The van der Waals surface area contributed by atoms with Gasteiger partial charge in [-0.15, -0.1) is 0 Å². The van der Waals surface area contributed by atoms with E-state index in [-0.39, 0.29) is 0 Å². The minimum Gasteiger partial charge on any atom is -0.256 e. The van der Waals surface area contributed by atoms with Crippen LogP contribution in [-0.4, -0.2) is 6.21 Å². The molecule has 176 valence electrons. The van der Waals surface area contributed by atoms with Crippen LogP contribution in [0, 0.1) is 0 Å². The molecule has 1 heteroatoms. The Morgan fingerprint density at radius 3 is 1.41 bits per heavy atom. The summed E-state index contributed by atoms with van der Waals surface area (Å²) >= 11 is 0. The first-order valence-electron chi connectivity index (χ1n) is 13.5. The Bertz CT molecular complexity index is 711. The van der Waals surface area contributed by atoms with Gasteiger partial charge >= 0.3 is 0 Å². The Balaban J connectivity index is 1.60. The molecule has 0 saturated heterocycles. The van der Waals surface area contributed by atoms with Gasteiger partial charge in [-0.25, -0.2) is 0 Å². The van der Waals surface area contributed by atoms with Gasteiger partial charge in [-0.2, -0.15) is 0 Å². The predicted octanol–water partition coefficient (Wildman–Crippen LogP) is 10.0. The summed E-state index contributed by atoms with van der Waals surface area (Å²) in [6.45, 7) is 4.55. The van der Waals surface area contributed by atoms with E-state index < -0.39 is 0 Å². The Kier molecular flexibility index (Phi) is 14.5. The molecule has 0 unspecified atom stereocenters. The van der Waals surface area contributed by atoms with Crippen molar-refractivity contribution in [2.24, 2.45) is 4.99 Å². The molecule has 0 saturated carbocycles. The summed E-state index contributed by atoms with van der Waals surface area (Å²) in [5, 5.41) is 0. The summed E-state index contributed by atoms with van der Waals surface area (Å²) in [7, 11) is 0. The van der Waals surface area contributed by atoms with E-state index in [2.05, 4.69) is 67.4 Å². The maximum Gasteiger partial charge on any atom is 0.0630 e. The molecule has 0 spiro atoms. The highest BCUT2D eigenvalue weighted by atomic mass is 14.7. The zero-order valence-corrected chi connectivity index (χ0v) is 21.0. The first kappa shape index (κ1) is 26.4. The van der Waals surface area contributed by atoms with Gasteiger partial charge in [0, 0.05) is 6.21 Å². The number of hydrogen-bond donors (Lipinski definition) is 0. The third-order valence-corrected chi connectivity index (χ3v) is 6.42. The van der Waals surface area contributed by atoms with Crippen molar-refractivity contribution in [3.05, 3.63) is 65.2 Å². The second-order valence-electron chi connectivity index (χ2n) is 9.41. The highest BCUT2D eigenvalue weighted by molar-refractivity contribution is 5.81. The van der Waals surface area contributed by atoms with Crippen LogP contribution in [0.2, 0.25) is 0 Å². The first-order valence-corrected chi connectivity index (χ1v) is 13.5. The maximum atomic E-state index is 4.66. The number of nitrogens with zero attached hydrogens (tertiary/aromatic N) is 1. The van der Waals surface area contributed by atoms with Gasteiger partial charge in [-0.3, -0.25) is 4.99 Å². The number of aryl methyl sites for hydroxylation is 2. The lowest BCUT2D eigenvalue weighted by Gasteiger charge is -2.04. The minimum atomic E-state index is 1.04. The van der Waals surface area contributed by atoms with Crippen LogP contribution in [0.3, 0.4) is 0 Å². The van der Waals surface area contributed by atoms with E-state index in [1.54, 1.807) is 0 Å². The summed E-state index contributed by atoms with van der Waals surface area (Å²) in [5.41, 5.74) is 5.10. The fourth-order valence-electron chi connectivity index (χ4n) is 4.24. The van der Waals surface area contributed by atoms with Crippen molar-refractivity contribution in [2.75, 3.05) is 0 Å². The number of benzene rings is 2. The van der Waals surface area contributed by atoms with Gasteiger partial charge in [0.25, 0.3) is 0 Å². The van der Waals surface area contributed by atoms with Gasteiger partial charge in [-0.1, -0.05) is 127 Å². The van der Waals surface area contributed by atoms with E-state index in [1.165, 1.54) is 119 Å².